The molecule has 1 amide bonds. The highest BCUT2D eigenvalue weighted by atomic mass is 32.2. The number of rotatable bonds is 3. The van der Waals surface area contributed by atoms with E-state index in [1.54, 1.807) is 6.33 Å². The average Bonchev–Trinajstić information content (AvgIpc) is 2.76. The Balaban J connectivity index is 1.89. The fraction of sp³-hybridized carbons (Fsp3) is 0.643. The maximum atomic E-state index is 11.3. The Morgan fingerprint density at radius 3 is 3.05 bits per heavy atom. The van der Waals surface area contributed by atoms with Crippen LogP contribution in [0.15, 0.2) is 16.4 Å². The topological polar surface area (TPSA) is 68.9 Å². The number of nitrogens with two attached hydrogens (primary N) is 1. The molecule has 1 aromatic heterocycles. The van der Waals surface area contributed by atoms with Crippen LogP contribution < -0.4 is 5.73 Å². The first-order chi connectivity index (χ1) is 9.56. The molecule has 6 heteroatoms. The first kappa shape index (κ1) is 14.2. The molecule has 4 atom stereocenters. The van der Waals surface area contributed by atoms with E-state index < -0.39 is 0 Å². The molecule has 0 bridgehead atoms. The summed E-state index contributed by atoms with van der Waals surface area (Å²) in [5.74, 6) is 1.06. The number of carbonyl (C=O) groups excluding carboxylic acids is 1. The Labute approximate surface area is 127 Å². The number of hydrogen-bond donors (Lipinski definition) is 1. The van der Waals surface area contributed by atoms with Gasteiger partial charge in [0.25, 0.3) is 0 Å². The smallest absolute Gasteiger partial charge is 0.230 e. The van der Waals surface area contributed by atoms with E-state index in [1.807, 2.05) is 18.7 Å². The van der Waals surface area contributed by atoms with E-state index in [0.29, 0.717) is 11.2 Å². The summed E-state index contributed by atoms with van der Waals surface area (Å²) in [6, 6.07) is 0. The maximum Gasteiger partial charge on any atom is 0.230 e. The van der Waals surface area contributed by atoms with Gasteiger partial charge in [0.1, 0.15) is 16.4 Å². The van der Waals surface area contributed by atoms with Crippen LogP contribution in [0, 0.1) is 5.92 Å². The number of fused-ring (bicyclic) bond motifs is 3. The van der Waals surface area contributed by atoms with Gasteiger partial charge in [-0.2, -0.15) is 0 Å². The molecule has 2 N–H and O–H groups in total. The molecule has 1 fully saturated rings. The zero-order valence-electron chi connectivity index (χ0n) is 11.7. The molecule has 0 radical (unpaired) electrons. The first-order valence-electron chi connectivity index (χ1n) is 7.03. The number of hydrogen-bond acceptors (Lipinski definition) is 5. The largest absolute Gasteiger partial charge is 0.369 e. The molecule has 1 aromatic rings. The number of thioether (sulfide) groups is 2. The molecule has 1 aliphatic heterocycles. The third kappa shape index (κ3) is 2.55. The lowest BCUT2D eigenvalue weighted by atomic mass is 9.80. The zero-order valence-corrected chi connectivity index (χ0v) is 13.3. The van der Waals surface area contributed by atoms with Crippen molar-refractivity contribution in [1.29, 1.82) is 0 Å². The van der Waals surface area contributed by atoms with Gasteiger partial charge in [-0.1, -0.05) is 25.1 Å². The summed E-state index contributed by atoms with van der Waals surface area (Å²) in [5.41, 5.74) is 6.64. The van der Waals surface area contributed by atoms with Crippen LogP contribution in [0.5, 0.6) is 0 Å². The minimum atomic E-state index is -0.290. The second-order valence-corrected chi connectivity index (χ2v) is 8.30. The zero-order chi connectivity index (χ0) is 14.3. The molecular weight excluding hydrogens is 290 g/mol. The van der Waals surface area contributed by atoms with Crippen molar-refractivity contribution in [2.24, 2.45) is 11.7 Å². The number of carbonyl (C=O) groups is 1. The van der Waals surface area contributed by atoms with Crippen molar-refractivity contribution in [2.45, 2.75) is 59.6 Å². The summed E-state index contributed by atoms with van der Waals surface area (Å²) in [6.07, 6.45) is 5.34. The molecule has 20 heavy (non-hydrogen) atoms. The standard InChI is InChI=1S/C14H19N3OS2/c1-7-3-4-9-10(5-7)20-14-11(9)13(16-6-17-14)19-8(2)12(15)18/h6-10H,3-5H2,1-2H3,(H2,15,18). The number of primary amides is 1. The number of nitrogens with zero attached hydrogens (tertiary/aromatic N) is 2. The summed E-state index contributed by atoms with van der Waals surface area (Å²) < 4.78 is 0. The van der Waals surface area contributed by atoms with Crippen molar-refractivity contribution in [3.63, 3.8) is 0 Å². The third-order valence-electron chi connectivity index (χ3n) is 4.19. The lowest BCUT2D eigenvalue weighted by Gasteiger charge is -2.29. The van der Waals surface area contributed by atoms with Gasteiger partial charge in [-0.25, -0.2) is 9.97 Å². The summed E-state index contributed by atoms with van der Waals surface area (Å²) in [6.45, 7) is 4.17. The summed E-state index contributed by atoms with van der Waals surface area (Å²) >= 11 is 3.37. The molecule has 4 nitrogen and oxygen atoms in total. The molecule has 0 spiro atoms. The molecule has 2 heterocycles. The average molecular weight is 309 g/mol. The molecule has 4 unspecified atom stereocenters. The molecule has 2 aliphatic rings. The highest BCUT2D eigenvalue weighted by molar-refractivity contribution is 8.01. The summed E-state index contributed by atoms with van der Waals surface area (Å²) in [4.78, 5) is 20.1. The van der Waals surface area contributed by atoms with Gasteiger partial charge < -0.3 is 5.73 Å². The lowest BCUT2D eigenvalue weighted by molar-refractivity contribution is -0.117. The van der Waals surface area contributed by atoms with Crippen LogP contribution in [0.25, 0.3) is 0 Å². The predicted molar refractivity (Wildman–Crippen MR) is 81.9 cm³/mol. The van der Waals surface area contributed by atoms with E-state index in [2.05, 4.69) is 16.9 Å². The quantitative estimate of drug-likeness (QED) is 0.687. The minimum Gasteiger partial charge on any atom is -0.369 e. The van der Waals surface area contributed by atoms with E-state index in [4.69, 9.17) is 5.73 Å². The van der Waals surface area contributed by atoms with Crippen molar-refractivity contribution in [2.75, 3.05) is 0 Å². The molecule has 1 aliphatic carbocycles. The summed E-state index contributed by atoms with van der Waals surface area (Å²) in [5, 5.41) is 2.45. The Kier molecular flexibility index (Phi) is 3.95. The first-order valence-corrected chi connectivity index (χ1v) is 8.79. The van der Waals surface area contributed by atoms with Gasteiger partial charge in [0.2, 0.25) is 5.91 Å². The van der Waals surface area contributed by atoms with Crippen LogP contribution in [0.1, 0.15) is 44.6 Å². The second-order valence-electron chi connectivity index (χ2n) is 5.74. The molecule has 0 saturated heterocycles. The van der Waals surface area contributed by atoms with E-state index in [1.165, 1.54) is 36.6 Å². The minimum absolute atomic E-state index is 0.249. The lowest BCUT2D eigenvalue weighted by Crippen LogP contribution is -2.24. The molecule has 1 saturated carbocycles. The highest BCUT2D eigenvalue weighted by Crippen LogP contribution is 2.54. The second kappa shape index (κ2) is 5.56. The van der Waals surface area contributed by atoms with Gasteiger partial charge in [0, 0.05) is 16.7 Å². The highest BCUT2D eigenvalue weighted by Gasteiger charge is 2.40. The SMILES string of the molecule is CC1CCC2c3c(SC(C)C(N)=O)ncnc3SC2C1. The normalized spacial score (nSPS) is 29.6. The van der Waals surface area contributed by atoms with Crippen LogP contribution in [-0.4, -0.2) is 26.4 Å². The van der Waals surface area contributed by atoms with Gasteiger partial charge in [0.15, 0.2) is 0 Å². The third-order valence-corrected chi connectivity index (χ3v) is 6.69. The van der Waals surface area contributed by atoms with Crippen LogP contribution in [0.2, 0.25) is 0 Å². The van der Waals surface area contributed by atoms with Crippen molar-refractivity contribution < 1.29 is 4.79 Å². The van der Waals surface area contributed by atoms with Crippen molar-refractivity contribution in [1.82, 2.24) is 9.97 Å². The Bertz CT molecular complexity index is 537. The van der Waals surface area contributed by atoms with E-state index in [-0.39, 0.29) is 11.2 Å². The van der Waals surface area contributed by atoms with E-state index in [9.17, 15) is 4.79 Å². The predicted octanol–water partition coefficient (Wildman–Crippen LogP) is 2.82. The maximum absolute atomic E-state index is 11.3. The van der Waals surface area contributed by atoms with Crippen LogP contribution >= 0.6 is 23.5 Å². The van der Waals surface area contributed by atoms with Crippen LogP contribution in [0.3, 0.4) is 0 Å². The fourth-order valence-corrected chi connectivity index (χ4v) is 5.66. The van der Waals surface area contributed by atoms with Gasteiger partial charge in [-0.3, -0.25) is 4.79 Å². The van der Waals surface area contributed by atoms with Crippen molar-refractivity contribution >= 4 is 29.4 Å². The van der Waals surface area contributed by atoms with Gasteiger partial charge in [-0.15, -0.1) is 11.8 Å². The Morgan fingerprint density at radius 1 is 1.50 bits per heavy atom. The fourth-order valence-electron chi connectivity index (χ4n) is 3.03. The van der Waals surface area contributed by atoms with Crippen LogP contribution in [-0.2, 0) is 4.79 Å². The van der Waals surface area contributed by atoms with Gasteiger partial charge in [-0.05, 0) is 25.7 Å². The molecule has 108 valence electrons. The van der Waals surface area contributed by atoms with E-state index >= 15 is 0 Å². The Hall–Kier alpha value is -0.750. The monoisotopic (exact) mass is 309 g/mol. The molecule has 0 aromatic carbocycles. The molecular formula is C14H19N3OS2. The number of aromatic nitrogens is 2. The summed E-state index contributed by atoms with van der Waals surface area (Å²) in [7, 11) is 0. The van der Waals surface area contributed by atoms with Gasteiger partial charge in [0.05, 0.1) is 5.25 Å². The number of amides is 1. The molecule has 3 rings (SSSR count). The Morgan fingerprint density at radius 2 is 2.30 bits per heavy atom. The van der Waals surface area contributed by atoms with Crippen LogP contribution in [0.4, 0.5) is 0 Å². The van der Waals surface area contributed by atoms with Crippen molar-refractivity contribution in [3.05, 3.63) is 11.9 Å². The van der Waals surface area contributed by atoms with Crippen molar-refractivity contribution in [3.8, 4) is 0 Å². The van der Waals surface area contributed by atoms with Gasteiger partial charge >= 0.3 is 0 Å². The van der Waals surface area contributed by atoms with E-state index in [0.717, 1.165) is 16.0 Å².